The maximum absolute atomic E-state index is 12.5. The monoisotopic (exact) mass is 442 g/mol. The molecule has 31 heavy (non-hydrogen) atoms. The molecule has 0 spiro atoms. The lowest BCUT2D eigenvalue weighted by atomic mass is 10.0. The smallest absolute Gasteiger partial charge is 0.311 e. The molecule has 0 saturated carbocycles. The summed E-state index contributed by atoms with van der Waals surface area (Å²) in [5, 5.41) is 16.9. The van der Waals surface area contributed by atoms with Crippen molar-refractivity contribution in [2.24, 2.45) is 0 Å². The number of benzene rings is 2. The Morgan fingerprint density at radius 3 is 2.65 bits per heavy atom. The van der Waals surface area contributed by atoms with Crippen LogP contribution < -0.4 is 20.3 Å². The molecule has 1 amide bonds. The third kappa shape index (κ3) is 5.69. The Labute approximate surface area is 186 Å². The molecule has 0 aromatic heterocycles. The Morgan fingerprint density at radius 2 is 2.00 bits per heavy atom. The van der Waals surface area contributed by atoms with Crippen LogP contribution in [0.25, 0.3) is 0 Å². The van der Waals surface area contributed by atoms with Crippen molar-refractivity contribution in [1.29, 1.82) is 0 Å². The van der Waals surface area contributed by atoms with Crippen LogP contribution in [-0.4, -0.2) is 35.1 Å². The van der Waals surface area contributed by atoms with Crippen molar-refractivity contribution in [2.75, 3.05) is 23.4 Å². The van der Waals surface area contributed by atoms with Gasteiger partial charge < -0.3 is 15.0 Å². The molecule has 2 aromatic carbocycles. The van der Waals surface area contributed by atoms with Crippen molar-refractivity contribution in [3.05, 3.63) is 58.1 Å². The normalized spacial score (nSPS) is 15.8. The Morgan fingerprint density at radius 1 is 1.26 bits per heavy atom. The van der Waals surface area contributed by atoms with Crippen LogP contribution in [0, 0.1) is 10.1 Å². The van der Waals surface area contributed by atoms with E-state index in [2.05, 4.69) is 22.5 Å². The maximum atomic E-state index is 12.5. The number of piperidine rings is 1. The molecule has 0 bridgehead atoms. The summed E-state index contributed by atoms with van der Waals surface area (Å²) in [4.78, 5) is 25.5. The Bertz CT molecular complexity index is 964. The van der Waals surface area contributed by atoms with Crippen LogP contribution in [0.5, 0.6) is 5.75 Å². The first-order valence-corrected chi connectivity index (χ1v) is 10.7. The van der Waals surface area contributed by atoms with Gasteiger partial charge in [0.1, 0.15) is 0 Å². The lowest BCUT2D eigenvalue weighted by Gasteiger charge is -2.35. The van der Waals surface area contributed by atoms with Crippen LogP contribution in [0.1, 0.15) is 43.5 Å². The highest BCUT2D eigenvalue weighted by molar-refractivity contribution is 7.80. The average Bonchev–Trinajstić information content (AvgIpc) is 2.75. The minimum atomic E-state index is -0.580. The maximum Gasteiger partial charge on any atom is 0.311 e. The quantitative estimate of drug-likeness (QED) is 0.386. The van der Waals surface area contributed by atoms with E-state index in [9.17, 15) is 14.9 Å². The molecule has 2 N–H and O–H groups in total. The molecule has 1 aliphatic heterocycles. The summed E-state index contributed by atoms with van der Waals surface area (Å²) >= 11 is 5.23. The van der Waals surface area contributed by atoms with Gasteiger partial charge >= 0.3 is 5.69 Å². The summed E-state index contributed by atoms with van der Waals surface area (Å²) in [5.41, 5.74) is 1.76. The molecule has 1 unspecified atom stereocenters. The fourth-order valence-electron chi connectivity index (χ4n) is 3.63. The lowest BCUT2D eigenvalue weighted by Crippen LogP contribution is -2.37. The summed E-state index contributed by atoms with van der Waals surface area (Å²) in [7, 11) is 0. The topological polar surface area (TPSA) is 96.7 Å². The number of nitrogens with one attached hydrogen (secondary N) is 2. The molecular formula is C22H26N4O4S. The van der Waals surface area contributed by atoms with E-state index in [1.165, 1.54) is 37.5 Å². The Balaban J connectivity index is 1.62. The van der Waals surface area contributed by atoms with Gasteiger partial charge in [-0.25, -0.2) is 0 Å². The predicted molar refractivity (Wildman–Crippen MR) is 125 cm³/mol. The van der Waals surface area contributed by atoms with E-state index in [0.717, 1.165) is 17.9 Å². The zero-order valence-corrected chi connectivity index (χ0v) is 18.4. The second-order valence-electron chi connectivity index (χ2n) is 7.37. The number of ether oxygens (including phenoxy) is 1. The number of nitro benzene ring substituents is 1. The highest BCUT2D eigenvalue weighted by Crippen LogP contribution is 2.28. The molecular weight excluding hydrogens is 416 g/mol. The van der Waals surface area contributed by atoms with Gasteiger partial charge in [-0.2, -0.15) is 0 Å². The minimum Gasteiger partial charge on any atom is -0.487 e. The lowest BCUT2D eigenvalue weighted by molar-refractivity contribution is -0.385. The number of nitrogens with zero attached hydrogens (tertiary/aromatic N) is 2. The van der Waals surface area contributed by atoms with E-state index in [4.69, 9.17) is 17.0 Å². The predicted octanol–water partition coefficient (Wildman–Crippen LogP) is 4.50. The third-order valence-corrected chi connectivity index (χ3v) is 5.41. The molecule has 3 rings (SSSR count). The number of anilines is 2. The van der Waals surface area contributed by atoms with Crippen molar-refractivity contribution in [3.63, 3.8) is 0 Å². The van der Waals surface area contributed by atoms with Crippen molar-refractivity contribution in [3.8, 4) is 5.75 Å². The number of hydrogen-bond donors (Lipinski definition) is 2. The van der Waals surface area contributed by atoms with E-state index in [0.29, 0.717) is 6.04 Å². The van der Waals surface area contributed by atoms with Gasteiger partial charge in [-0.1, -0.05) is 0 Å². The van der Waals surface area contributed by atoms with Gasteiger partial charge in [-0.05, 0) is 81.7 Å². The number of carbonyl (C=O) groups is 1. The number of rotatable bonds is 6. The Hall–Kier alpha value is -3.20. The number of nitro groups is 1. The molecule has 1 aliphatic rings. The molecule has 1 heterocycles. The fraction of sp³-hybridized carbons (Fsp3) is 0.364. The van der Waals surface area contributed by atoms with Gasteiger partial charge in [0, 0.05) is 35.6 Å². The van der Waals surface area contributed by atoms with Gasteiger partial charge in [0.2, 0.25) is 0 Å². The van der Waals surface area contributed by atoms with Gasteiger partial charge in [-0.3, -0.25) is 20.2 Å². The molecule has 164 valence electrons. The van der Waals surface area contributed by atoms with Crippen LogP contribution in [0.2, 0.25) is 0 Å². The van der Waals surface area contributed by atoms with E-state index in [-0.39, 0.29) is 28.7 Å². The second kappa shape index (κ2) is 10.2. The third-order valence-electron chi connectivity index (χ3n) is 5.20. The molecule has 1 fully saturated rings. The first-order valence-electron chi connectivity index (χ1n) is 10.3. The summed E-state index contributed by atoms with van der Waals surface area (Å²) in [6.45, 7) is 5.31. The van der Waals surface area contributed by atoms with E-state index in [1.807, 2.05) is 24.3 Å². The van der Waals surface area contributed by atoms with Crippen molar-refractivity contribution >= 4 is 40.3 Å². The largest absolute Gasteiger partial charge is 0.487 e. The summed E-state index contributed by atoms with van der Waals surface area (Å²) < 4.78 is 5.24. The van der Waals surface area contributed by atoms with E-state index in [1.54, 1.807) is 6.92 Å². The van der Waals surface area contributed by atoms with Gasteiger partial charge in [0.15, 0.2) is 10.9 Å². The van der Waals surface area contributed by atoms with Crippen LogP contribution >= 0.6 is 12.2 Å². The SMILES string of the molecule is CCOc1ccc(C(=O)NC(=S)Nc2ccc(N3CCCCC3C)cc2)cc1[N+](=O)[O-]. The van der Waals surface area contributed by atoms with Gasteiger partial charge in [0.25, 0.3) is 5.91 Å². The summed E-state index contributed by atoms with van der Waals surface area (Å²) in [6, 6.07) is 12.5. The van der Waals surface area contributed by atoms with E-state index >= 15 is 0 Å². The van der Waals surface area contributed by atoms with Crippen LogP contribution in [0.15, 0.2) is 42.5 Å². The molecule has 0 aliphatic carbocycles. The van der Waals surface area contributed by atoms with Crippen LogP contribution in [0.3, 0.4) is 0 Å². The van der Waals surface area contributed by atoms with Crippen LogP contribution in [-0.2, 0) is 0 Å². The van der Waals surface area contributed by atoms with Crippen molar-refractivity contribution < 1.29 is 14.5 Å². The number of carbonyl (C=O) groups excluding carboxylic acids is 1. The number of thiocarbonyl (C=S) groups is 1. The minimum absolute atomic E-state index is 0.112. The van der Waals surface area contributed by atoms with Gasteiger partial charge in [-0.15, -0.1) is 0 Å². The molecule has 1 saturated heterocycles. The van der Waals surface area contributed by atoms with Crippen molar-refractivity contribution in [1.82, 2.24) is 5.32 Å². The van der Waals surface area contributed by atoms with Crippen molar-refractivity contribution in [2.45, 2.75) is 39.2 Å². The zero-order chi connectivity index (χ0) is 22.4. The molecule has 2 aromatic rings. The van der Waals surface area contributed by atoms with Gasteiger partial charge in [0.05, 0.1) is 11.5 Å². The highest BCUT2D eigenvalue weighted by Gasteiger charge is 2.20. The molecule has 0 radical (unpaired) electrons. The first kappa shape index (κ1) is 22.5. The zero-order valence-electron chi connectivity index (χ0n) is 17.6. The van der Waals surface area contributed by atoms with E-state index < -0.39 is 10.8 Å². The second-order valence-corrected chi connectivity index (χ2v) is 7.77. The molecule has 8 nitrogen and oxygen atoms in total. The summed E-state index contributed by atoms with van der Waals surface area (Å²) in [6.07, 6.45) is 3.66. The average molecular weight is 443 g/mol. The number of amides is 1. The fourth-order valence-corrected chi connectivity index (χ4v) is 3.84. The highest BCUT2D eigenvalue weighted by atomic mass is 32.1. The molecule has 9 heteroatoms. The standard InChI is InChI=1S/C22H26N4O4S/c1-3-30-20-12-7-16(14-19(20)26(28)29)21(27)24-22(31)23-17-8-10-18(11-9-17)25-13-5-4-6-15(25)2/h7-12,14-15H,3-6,13H2,1-2H3,(H2,23,24,27,31). The summed E-state index contributed by atoms with van der Waals surface area (Å²) in [5.74, 6) is -0.421. The molecule has 1 atom stereocenters. The number of hydrogen-bond acceptors (Lipinski definition) is 6. The van der Waals surface area contributed by atoms with Crippen LogP contribution in [0.4, 0.5) is 17.1 Å². The Kier molecular flexibility index (Phi) is 7.41. The first-order chi connectivity index (χ1) is 14.9.